The molecule has 5 aromatic rings. The highest BCUT2D eigenvalue weighted by Crippen LogP contribution is 2.25. The highest BCUT2D eigenvalue weighted by atomic mass is 15.3. The van der Waals surface area contributed by atoms with E-state index in [1.807, 2.05) is 15.3 Å². The van der Waals surface area contributed by atoms with Gasteiger partial charge >= 0.3 is 0 Å². The van der Waals surface area contributed by atoms with E-state index >= 15 is 0 Å². The topological polar surface area (TPSA) is 60.9 Å². The third kappa shape index (κ3) is 2.49. The van der Waals surface area contributed by atoms with Crippen LogP contribution < -0.4 is 0 Å². The Labute approximate surface area is 162 Å². The molecule has 6 heteroatoms. The lowest BCUT2D eigenvalue weighted by molar-refractivity contribution is 0.885. The number of benzene rings is 2. The molecule has 0 aliphatic heterocycles. The summed E-state index contributed by atoms with van der Waals surface area (Å²) >= 11 is 0. The van der Waals surface area contributed by atoms with Crippen molar-refractivity contribution >= 4 is 16.7 Å². The molecule has 0 aliphatic carbocycles. The number of aromatic nitrogens is 6. The van der Waals surface area contributed by atoms with E-state index in [1.165, 1.54) is 11.1 Å². The van der Waals surface area contributed by atoms with Crippen molar-refractivity contribution in [2.24, 2.45) is 0 Å². The fraction of sp³-hybridized carbons (Fsp3) is 0.182. The zero-order valence-corrected chi connectivity index (χ0v) is 16.1. The molecule has 0 amide bonds. The summed E-state index contributed by atoms with van der Waals surface area (Å²) in [6.45, 7) is 6.32. The van der Waals surface area contributed by atoms with Gasteiger partial charge in [0.1, 0.15) is 6.33 Å². The molecule has 0 spiro atoms. The van der Waals surface area contributed by atoms with Crippen LogP contribution in [0.2, 0.25) is 0 Å². The van der Waals surface area contributed by atoms with Crippen molar-refractivity contribution in [3.63, 3.8) is 0 Å². The van der Waals surface area contributed by atoms with Gasteiger partial charge < -0.3 is 0 Å². The zero-order chi connectivity index (χ0) is 19.3. The SMILES string of the molecule is CCc1ccc(-c2nnc3c4cnn(-c5ccc(C)cc5C)c4ncn23)cc1. The molecule has 0 N–H and O–H groups in total. The van der Waals surface area contributed by atoms with Crippen molar-refractivity contribution in [3.8, 4) is 17.1 Å². The van der Waals surface area contributed by atoms with Gasteiger partial charge in [-0.15, -0.1) is 10.2 Å². The highest BCUT2D eigenvalue weighted by Gasteiger charge is 2.16. The third-order valence-corrected chi connectivity index (χ3v) is 5.18. The molecular formula is C22H20N6. The van der Waals surface area contributed by atoms with E-state index in [0.717, 1.165) is 45.7 Å². The van der Waals surface area contributed by atoms with Gasteiger partial charge in [-0.25, -0.2) is 9.67 Å². The molecule has 3 aromatic heterocycles. The van der Waals surface area contributed by atoms with Crippen molar-refractivity contribution in [1.82, 2.24) is 29.4 Å². The van der Waals surface area contributed by atoms with Crippen molar-refractivity contribution < 1.29 is 0 Å². The molecule has 0 aliphatic rings. The fourth-order valence-corrected chi connectivity index (χ4v) is 3.63. The maximum Gasteiger partial charge on any atom is 0.175 e. The number of rotatable bonds is 3. The van der Waals surface area contributed by atoms with Crippen LogP contribution in [0.4, 0.5) is 0 Å². The first-order valence-electron chi connectivity index (χ1n) is 9.40. The molecule has 2 aromatic carbocycles. The smallest absolute Gasteiger partial charge is 0.175 e. The van der Waals surface area contributed by atoms with Gasteiger partial charge in [0, 0.05) is 5.56 Å². The summed E-state index contributed by atoms with van der Waals surface area (Å²) in [5.74, 6) is 0.784. The maximum atomic E-state index is 4.68. The number of hydrogen-bond donors (Lipinski definition) is 0. The quantitative estimate of drug-likeness (QED) is 0.476. The van der Waals surface area contributed by atoms with E-state index in [2.05, 4.69) is 83.5 Å². The molecule has 0 radical (unpaired) electrons. The van der Waals surface area contributed by atoms with Crippen LogP contribution in [0.3, 0.4) is 0 Å². The van der Waals surface area contributed by atoms with Crippen LogP contribution in [-0.4, -0.2) is 29.4 Å². The van der Waals surface area contributed by atoms with Crippen LogP contribution in [0, 0.1) is 13.8 Å². The molecule has 0 unspecified atom stereocenters. The summed E-state index contributed by atoms with van der Waals surface area (Å²) in [6, 6.07) is 14.7. The average molecular weight is 368 g/mol. The van der Waals surface area contributed by atoms with E-state index in [1.54, 1.807) is 6.33 Å². The third-order valence-electron chi connectivity index (χ3n) is 5.18. The molecule has 138 valence electrons. The molecule has 0 saturated heterocycles. The van der Waals surface area contributed by atoms with Crippen molar-refractivity contribution in [1.29, 1.82) is 0 Å². The molecule has 0 atom stereocenters. The van der Waals surface area contributed by atoms with Crippen molar-refractivity contribution in [2.75, 3.05) is 0 Å². The van der Waals surface area contributed by atoms with E-state index in [4.69, 9.17) is 0 Å². The summed E-state index contributed by atoms with van der Waals surface area (Å²) < 4.78 is 3.80. The molecule has 0 fully saturated rings. The van der Waals surface area contributed by atoms with E-state index in [9.17, 15) is 0 Å². The number of nitrogens with zero attached hydrogens (tertiary/aromatic N) is 6. The predicted octanol–water partition coefficient (Wildman–Crippen LogP) is 4.31. The number of hydrogen-bond acceptors (Lipinski definition) is 4. The molecule has 5 rings (SSSR count). The Morgan fingerprint density at radius 2 is 1.75 bits per heavy atom. The van der Waals surface area contributed by atoms with E-state index < -0.39 is 0 Å². The minimum absolute atomic E-state index is 0.760. The van der Waals surface area contributed by atoms with Crippen LogP contribution in [0.25, 0.3) is 33.8 Å². The Kier molecular flexibility index (Phi) is 3.72. The summed E-state index contributed by atoms with van der Waals surface area (Å²) in [5, 5.41) is 14.3. The standard InChI is InChI=1S/C22H20N6/c1-4-16-6-8-17(9-7-16)20-25-26-22-18-12-24-28(21(18)23-13-27(20)22)19-10-5-14(2)11-15(19)3/h5-13H,4H2,1-3H3. The van der Waals surface area contributed by atoms with E-state index in [-0.39, 0.29) is 0 Å². The molecule has 0 bridgehead atoms. The number of aryl methyl sites for hydroxylation is 3. The Bertz CT molecular complexity index is 1310. The van der Waals surface area contributed by atoms with Gasteiger partial charge in [0.2, 0.25) is 0 Å². The molecule has 3 heterocycles. The van der Waals surface area contributed by atoms with Crippen LogP contribution in [0.15, 0.2) is 55.0 Å². The monoisotopic (exact) mass is 368 g/mol. The maximum absolute atomic E-state index is 4.68. The van der Waals surface area contributed by atoms with Gasteiger partial charge in [-0.1, -0.05) is 48.9 Å². The Morgan fingerprint density at radius 3 is 2.50 bits per heavy atom. The minimum Gasteiger partial charge on any atom is -0.265 e. The van der Waals surface area contributed by atoms with Crippen LogP contribution in [0.5, 0.6) is 0 Å². The Balaban J connectivity index is 1.67. The predicted molar refractivity (Wildman–Crippen MR) is 110 cm³/mol. The lowest BCUT2D eigenvalue weighted by Gasteiger charge is -2.08. The second kappa shape index (κ2) is 6.27. The Hall–Kier alpha value is -3.54. The van der Waals surface area contributed by atoms with Crippen molar-refractivity contribution in [2.45, 2.75) is 27.2 Å². The number of fused-ring (bicyclic) bond motifs is 3. The van der Waals surface area contributed by atoms with Crippen molar-refractivity contribution in [3.05, 3.63) is 71.7 Å². The zero-order valence-electron chi connectivity index (χ0n) is 16.1. The summed E-state index contributed by atoms with van der Waals surface area (Å²) in [4.78, 5) is 4.68. The van der Waals surface area contributed by atoms with Gasteiger partial charge in [0.15, 0.2) is 17.1 Å². The first kappa shape index (κ1) is 16.6. The average Bonchev–Trinajstić information content (AvgIpc) is 3.32. The fourth-order valence-electron chi connectivity index (χ4n) is 3.63. The van der Waals surface area contributed by atoms with Gasteiger partial charge in [0.05, 0.1) is 17.3 Å². The largest absolute Gasteiger partial charge is 0.265 e. The first-order chi connectivity index (χ1) is 13.7. The van der Waals surface area contributed by atoms with Crippen LogP contribution in [-0.2, 0) is 6.42 Å². The van der Waals surface area contributed by atoms with Gasteiger partial charge in [-0.05, 0) is 37.5 Å². The summed E-state index contributed by atoms with van der Waals surface area (Å²) in [7, 11) is 0. The normalized spacial score (nSPS) is 11.5. The molecule has 6 nitrogen and oxygen atoms in total. The lowest BCUT2D eigenvalue weighted by Crippen LogP contribution is -2.01. The van der Waals surface area contributed by atoms with Gasteiger partial charge in [0.25, 0.3) is 0 Å². The first-order valence-corrected chi connectivity index (χ1v) is 9.40. The lowest BCUT2D eigenvalue weighted by atomic mass is 10.1. The highest BCUT2D eigenvalue weighted by molar-refractivity contribution is 5.90. The Morgan fingerprint density at radius 1 is 0.929 bits per heavy atom. The van der Waals surface area contributed by atoms with Gasteiger partial charge in [-0.3, -0.25) is 4.40 Å². The van der Waals surface area contributed by atoms with E-state index in [0.29, 0.717) is 0 Å². The second-order valence-corrected chi connectivity index (χ2v) is 7.10. The minimum atomic E-state index is 0.760. The molecule has 28 heavy (non-hydrogen) atoms. The van der Waals surface area contributed by atoms with Crippen LogP contribution in [0.1, 0.15) is 23.6 Å². The molecular weight excluding hydrogens is 348 g/mol. The summed E-state index contributed by atoms with van der Waals surface area (Å²) in [5.41, 5.74) is 7.26. The molecule has 0 saturated carbocycles. The van der Waals surface area contributed by atoms with Crippen LogP contribution >= 0.6 is 0 Å². The second-order valence-electron chi connectivity index (χ2n) is 7.10. The summed E-state index contributed by atoms with van der Waals surface area (Å²) in [6.07, 6.45) is 4.61. The van der Waals surface area contributed by atoms with Gasteiger partial charge in [-0.2, -0.15) is 5.10 Å².